The van der Waals surface area contributed by atoms with Gasteiger partial charge in [0.2, 0.25) is 0 Å². The summed E-state index contributed by atoms with van der Waals surface area (Å²) < 4.78 is 0. The highest BCUT2D eigenvalue weighted by atomic mass is 35.5. The molecule has 0 bridgehead atoms. The molecule has 0 radical (unpaired) electrons. The predicted octanol–water partition coefficient (Wildman–Crippen LogP) is 14.6. The lowest BCUT2D eigenvalue weighted by Gasteiger charge is -2.20. The highest BCUT2D eigenvalue weighted by Gasteiger charge is 2.22. The number of fused-ring (bicyclic) bond motifs is 2. The molecule has 8 aromatic carbocycles. The Bertz CT molecular complexity index is 2470. The SMILES string of the molecule is Nc1ccc(-c2ccc(Sc3ccc(-c4ccc(N)cc4Cl)c(Cl)c3-c3ccc4ccccc4c3)c(-c3ccc4ccccc4c3)c2Cl)c(Cl)c1. The van der Waals surface area contributed by atoms with Crippen LogP contribution in [0.3, 0.4) is 0 Å². The van der Waals surface area contributed by atoms with Crippen LogP contribution in [-0.4, -0.2) is 0 Å². The Morgan fingerprint density at radius 3 is 1.18 bits per heavy atom. The van der Waals surface area contributed by atoms with Crippen LogP contribution in [0, 0.1) is 0 Å². The van der Waals surface area contributed by atoms with Crippen molar-refractivity contribution in [2.45, 2.75) is 9.79 Å². The number of anilines is 2. The first-order valence-corrected chi connectivity index (χ1v) is 18.5. The van der Waals surface area contributed by atoms with Crippen LogP contribution < -0.4 is 11.5 Å². The van der Waals surface area contributed by atoms with Crippen molar-refractivity contribution in [1.82, 2.24) is 0 Å². The largest absolute Gasteiger partial charge is 0.399 e. The Kier molecular flexibility index (Phi) is 9.10. The summed E-state index contributed by atoms with van der Waals surface area (Å²) in [4.78, 5) is 1.92. The summed E-state index contributed by atoms with van der Waals surface area (Å²) in [5, 5.41) is 6.76. The Morgan fingerprint density at radius 1 is 0.373 bits per heavy atom. The van der Waals surface area contributed by atoms with Crippen molar-refractivity contribution in [3.63, 3.8) is 0 Å². The van der Waals surface area contributed by atoms with E-state index in [1.54, 1.807) is 23.9 Å². The zero-order chi connectivity index (χ0) is 35.2. The topological polar surface area (TPSA) is 52.0 Å². The first-order valence-electron chi connectivity index (χ1n) is 16.2. The fourth-order valence-electron chi connectivity index (χ4n) is 6.55. The smallest absolute Gasteiger partial charge is 0.0574 e. The number of nitrogens with two attached hydrogens (primary N) is 2. The van der Waals surface area contributed by atoms with E-state index >= 15 is 0 Å². The van der Waals surface area contributed by atoms with Crippen LogP contribution in [0.1, 0.15) is 0 Å². The zero-order valence-corrected chi connectivity index (χ0v) is 30.8. The minimum absolute atomic E-state index is 0.532. The maximum atomic E-state index is 7.45. The van der Waals surface area contributed by atoms with Gasteiger partial charge in [-0.15, -0.1) is 0 Å². The Labute approximate surface area is 320 Å². The lowest BCUT2D eigenvalue weighted by molar-refractivity contribution is 1.39. The van der Waals surface area contributed by atoms with Gasteiger partial charge < -0.3 is 11.5 Å². The average molecular weight is 759 g/mol. The quantitative estimate of drug-likeness (QED) is 0.166. The van der Waals surface area contributed by atoms with Crippen molar-refractivity contribution in [2.75, 3.05) is 11.5 Å². The monoisotopic (exact) mass is 756 g/mol. The van der Waals surface area contributed by atoms with E-state index in [1.165, 1.54) is 0 Å². The molecule has 8 aromatic rings. The van der Waals surface area contributed by atoms with Crippen molar-refractivity contribution in [3.8, 4) is 44.5 Å². The molecule has 8 rings (SSSR count). The molecule has 4 N–H and O–H groups in total. The zero-order valence-electron chi connectivity index (χ0n) is 26.9. The van der Waals surface area contributed by atoms with Gasteiger partial charge in [0.15, 0.2) is 0 Å². The minimum Gasteiger partial charge on any atom is -0.399 e. The molecule has 0 saturated carbocycles. The number of rotatable bonds is 6. The van der Waals surface area contributed by atoms with Crippen molar-refractivity contribution in [1.29, 1.82) is 0 Å². The van der Waals surface area contributed by atoms with Gasteiger partial charge in [-0.2, -0.15) is 0 Å². The van der Waals surface area contributed by atoms with Gasteiger partial charge in [0.25, 0.3) is 0 Å². The first-order chi connectivity index (χ1) is 24.7. The second-order valence-corrected chi connectivity index (χ2v) is 15.0. The van der Waals surface area contributed by atoms with E-state index in [1.807, 2.05) is 60.7 Å². The Hall–Kier alpha value is -4.61. The molecule has 0 heterocycles. The van der Waals surface area contributed by atoms with E-state index in [0.717, 1.165) is 75.8 Å². The number of nitrogen functional groups attached to an aromatic ring is 2. The third-order valence-corrected chi connectivity index (χ3v) is 11.6. The highest BCUT2D eigenvalue weighted by molar-refractivity contribution is 7.99. The van der Waals surface area contributed by atoms with E-state index in [-0.39, 0.29) is 0 Å². The van der Waals surface area contributed by atoms with Crippen molar-refractivity contribution in [2.24, 2.45) is 0 Å². The molecule has 0 atom stereocenters. The molecule has 0 aromatic heterocycles. The summed E-state index contributed by atoms with van der Waals surface area (Å²) in [6.07, 6.45) is 0. The van der Waals surface area contributed by atoms with Crippen LogP contribution in [0.4, 0.5) is 11.4 Å². The average Bonchev–Trinajstić information content (AvgIpc) is 3.12. The van der Waals surface area contributed by atoms with E-state index < -0.39 is 0 Å². The standard InChI is InChI=1S/C44H28Cl4N2S/c45-37-23-31(49)13-15-33(37)35-17-19-39(41(43(35)47)29-11-9-25-5-1-3-7-27(25)21-29)51-40-20-18-36(34-16-14-32(50)24-38(34)46)44(48)42(40)30-12-10-26-6-2-4-8-28(26)22-30/h1-24H,49-50H2. The fraction of sp³-hybridized carbons (Fsp3) is 0. The number of hydrogen-bond acceptors (Lipinski definition) is 3. The normalized spacial score (nSPS) is 11.4. The first kappa shape index (κ1) is 33.5. The van der Waals surface area contributed by atoms with Crippen molar-refractivity contribution >= 4 is 91.1 Å². The van der Waals surface area contributed by atoms with Crippen LogP contribution in [0.5, 0.6) is 0 Å². The molecule has 2 nitrogen and oxygen atoms in total. The van der Waals surface area contributed by atoms with Crippen LogP contribution in [0.2, 0.25) is 20.1 Å². The second kappa shape index (κ2) is 13.8. The summed E-state index contributed by atoms with van der Waals surface area (Å²) in [5.41, 5.74) is 20.3. The third-order valence-electron chi connectivity index (χ3n) is 9.07. The summed E-state index contributed by atoms with van der Waals surface area (Å²) >= 11 is 30.0. The summed E-state index contributed by atoms with van der Waals surface area (Å²) in [6, 6.07) is 48.7. The maximum Gasteiger partial charge on any atom is 0.0574 e. The lowest BCUT2D eigenvalue weighted by Crippen LogP contribution is -1.93. The van der Waals surface area contributed by atoms with Gasteiger partial charge in [0.1, 0.15) is 0 Å². The van der Waals surface area contributed by atoms with Crippen LogP contribution in [-0.2, 0) is 0 Å². The van der Waals surface area contributed by atoms with Gasteiger partial charge in [-0.25, -0.2) is 0 Å². The number of halogens is 4. The molecule has 0 spiro atoms. The Balaban J connectivity index is 1.35. The molecule has 0 saturated heterocycles. The molecule has 0 aliphatic carbocycles. The summed E-state index contributed by atoms with van der Waals surface area (Å²) in [7, 11) is 0. The molecule has 51 heavy (non-hydrogen) atoms. The second-order valence-electron chi connectivity index (χ2n) is 12.3. The van der Waals surface area contributed by atoms with E-state index in [9.17, 15) is 0 Å². The van der Waals surface area contributed by atoms with Gasteiger partial charge in [-0.3, -0.25) is 0 Å². The van der Waals surface area contributed by atoms with Crippen LogP contribution >= 0.6 is 58.2 Å². The van der Waals surface area contributed by atoms with Gasteiger partial charge in [-0.1, -0.05) is 155 Å². The van der Waals surface area contributed by atoms with Gasteiger partial charge in [0, 0.05) is 54.5 Å². The summed E-state index contributed by atoms with van der Waals surface area (Å²) in [5.74, 6) is 0. The van der Waals surface area contributed by atoms with Crippen molar-refractivity contribution in [3.05, 3.63) is 166 Å². The molecule has 0 fully saturated rings. The maximum absolute atomic E-state index is 7.45. The Morgan fingerprint density at radius 2 is 0.765 bits per heavy atom. The predicted molar refractivity (Wildman–Crippen MR) is 223 cm³/mol. The third kappa shape index (κ3) is 6.42. The molecule has 0 unspecified atom stereocenters. The van der Waals surface area contributed by atoms with Crippen LogP contribution in [0.15, 0.2) is 155 Å². The molecule has 248 valence electrons. The van der Waals surface area contributed by atoms with Crippen LogP contribution in [0.25, 0.3) is 66.1 Å². The molecule has 0 aliphatic heterocycles. The van der Waals surface area contributed by atoms with Crippen molar-refractivity contribution < 1.29 is 0 Å². The number of hydrogen-bond donors (Lipinski definition) is 2. The molecular formula is C44H28Cl4N2S. The van der Waals surface area contributed by atoms with E-state index in [0.29, 0.717) is 31.5 Å². The van der Waals surface area contributed by atoms with E-state index in [2.05, 4.69) is 72.8 Å². The molecule has 0 amide bonds. The lowest BCUT2D eigenvalue weighted by atomic mass is 9.96. The molecule has 7 heteroatoms. The van der Waals surface area contributed by atoms with Gasteiger partial charge in [-0.05, 0) is 81.2 Å². The van der Waals surface area contributed by atoms with Gasteiger partial charge in [0.05, 0.1) is 20.1 Å². The summed E-state index contributed by atoms with van der Waals surface area (Å²) in [6.45, 7) is 0. The highest BCUT2D eigenvalue weighted by Crippen LogP contribution is 2.51. The number of benzene rings is 8. The molecular weight excluding hydrogens is 730 g/mol. The van der Waals surface area contributed by atoms with E-state index in [4.69, 9.17) is 57.9 Å². The van der Waals surface area contributed by atoms with Gasteiger partial charge >= 0.3 is 0 Å². The minimum atomic E-state index is 0.532. The fourth-order valence-corrected chi connectivity index (χ4v) is 9.15. The molecule has 0 aliphatic rings.